The van der Waals surface area contributed by atoms with Crippen LogP contribution in [-0.2, 0) is 0 Å². The number of nitrogens with zero attached hydrogens (tertiary/aromatic N) is 3. The highest BCUT2D eigenvalue weighted by Crippen LogP contribution is 2.10. The third kappa shape index (κ3) is 2.31. The van der Waals surface area contributed by atoms with Crippen molar-refractivity contribution >= 4 is 11.6 Å². The Hall–Kier alpha value is -2.02. The van der Waals surface area contributed by atoms with Crippen molar-refractivity contribution in [2.24, 2.45) is 0 Å². The number of hydrogen-bond acceptors (Lipinski definition) is 7. The maximum Gasteiger partial charge on any atom is 0.187 e. The second-order valence-corrected chi connectivity index (χ2v) is 3.41. The van der Waals surface area contributed by atoms with Gasteiger partial charge in [-0.1, -0.05) is 10.3 Å². The first-order chi connectivity index (χ1) is 7.65. The summed E-state index contributed by atoms with van der Waals surface area (Å²) < 4.78 is 9.85. The van der Waals surface area contributed by atoms with Gasteiger partial charge in [0.05, 0.1) is 0 Å². The summed E-state index contributed by atoms with van der Waals surface area (Å²) in [6.45, 7) is 3.65. The minimum Gasteiger partial charge on any atom is -0.360 e. The lowest BCUT2D eigenvalue weighted by Crippen LogP contribution is -2.39. The van der Waals surface area contributed by atoms with Gasteiger partial charge in [0.2, 0.25) is 0 Å². The Kier molecular flexibility index (Phi) is 2.78. The molecule has 0 aliphatic heterocycles. The van der Waals surface area contributed by atoms with Crippen molar-refractivity contribution in [3.63, 3.8) is 0 Å². The Bertz CT molecular complexity index is 464. The van der Waals surface area contributed by atoms with Crippen LogP contribution >= 0.6 is 0 Å². The number of hydrogen-bond donors (Lipinski definition) is 2. The highest BCUT2D eigenvalue weighted by molar-refractivity contribution is 5.38. The zero-order chi connectivity index (χ0) is 11.5. The molecule has 0 fully saturated rings. The van der Waals surface area contributed by atoms with E-state index in [-0.39, 0.29) is 0 Å². The molecule has 7 heteroatoms. The first-order valence-corrected chi connectivity index (χ1v) is 4.77. The molecule has 0 atom stereocenters. The number of anilines is 2. The number of aromatic nitrogens is 2. The van der Waals surface area contributed by atoms with Crippen LogP contribution in [0.15, 0.2) is 21.2 Å². The number of nitrogens with one attached hydrogen (secondary N) is 2. The normalized spacial score (nSPS) is 10.4. The summed E-state index contributed by atoms with van der Waals surface area (Å²) in [6, 6.07) is 3.58. The summed E-state index contributed by atoms with van der Waals surface area (Å²) in [6.07, 6.45) is 0. The quantitative estimate of drug-likeness (QED) is 0.755. The van der Waals surface area contributed by atoms with E-state index < -0.39 is 0 Å². The molecular weight excluding hydrogens is 210 g/mol. The maximum atomic E-state index is 4.95. The van der Waals surface area contributed by atoms with E-state index in [4.69, 9.17) is 9.05 Å². The molecule has 2 heterocycles. The molecule has 7 nitrogen and oxygen atoms in total. The Labute approximate surface area is 92.3 Å². The summed E-state index contributed by atoms with van der Waals surface area (Å²) in [4.78, 5) is 0. The molecule has 0 amide bonds. The van der Waals surface area contributed by atoms with Crippen molar-refractivity contribution in [2.75, 3.05) is 17.5 Å². The third-order valence-electron chi connectivity index (χ3n) is 1.94. The highest BCUT2D eigenvalue weighted by Gasteiger charge is 2.06. The van der Waals surface area contributed by atoms with Crippen molar-refractivity contribution in [1.29, 1.82) is 0 Å². The van der Waals surface area contributed by atoms with Crippen LogP contribution in [0.1, 0.15) is 11.5 Å². The molecule has 0 saturated heterocycles. The fourth-order valence-corrected chi connectivity index (χ4v) is 1.14. The van der Waals surface area contributed by atoms with Crippen molar-refractivity contribution in [1.82, 2.24) is 15.8 Å². The van der Waals surface area contributed by atoms with E-state index in [2.05, 4.69) is 21.3 Å². The molecule has 0 spiro atoms. The van der Waals surface area contributed by atoms with Crippen LogP contribution in [0.25, 0.3) is 0 Å². The van der Waals surface area contributed by atoms with Gasteiger partial charge in [0.25, 0.3) is 0 Å². The Balaban J connectivity index is 1.91. The molecule has 0 unspecified atom stereocenters. The molecule has 16 heavy (non-hydrogen) atoms. The fourth-order valence-electron chi connectivity index (χ4n) is 1.14. The van der Waals surface area contributed by atoms with E-state index in [9.17, 15) is 0 Å². The van der Waals surface area contributed by atoms with E-state index in [1.807, 2.05) is 19.9 Å². The van der Waals surface area contributed by atoms with Crippen LogP contribution in [0.4, 0.5) is 11.6 Å². The van der Waals surface area contributed by atoms with E-state index in [0.29, 0.717) is 11.6 Å². The summed E-state index contributed by atoms with van der Waals surface area (Å²) >= 11 is 0. The SMILES string of the molecule is Cc1cc(NNN(C)c2cc(C)on2)no1. The van der Waals surface area contributed by atoms with Gasteiger partial charge in [-0.2, -0.15) is 0 Å². The number of hydrazine groups is 2. The van der Waals surface area contributed by atoms with Crippen LogP contribution in [-0.4, -0.2) is 17.4 Å². The van der Waals surface area contributed by atoms with Gasteiger partial charge >= 0.3 is 0 Å². The average molecular weight is 223 g/mol. The zero-order valence-corrected chi connectivity index (χ0v) is 9.31. The summed E-state index contributed by atoms with van der Waals surface area (Å²) in [5, 5.41) is 9.27. The Morgan fingerprint density at radius 1 is 1.12 bits per heavy atom. The molecule has 2 N–H and O–H groups in total. The Morgan fingerprint density at radius 2 is 1.81 bits per heavy atom. The molecule has 0 saturated carbocycles. The van der Waals surface area contributed by atoms with Gasteiger partial charge in [-0.15, -0.1) is 5.53 Å². The van der Waals surface area contributed by atoms with Gasteiger partial charge < -0.3 is 9.05 Å². The van der Waals surface area contributed by atoms with Gasteiger partial charge in [0, 0.05) is 19.2 Å². The summed E-state index contributed by atoms with van der Waals surface area (Å²) in [5.74, 6) is 2.76. The summed E-state index contributed by atoms with van der Waals surface area (Å²) in [5.41, 5.74) is 5.74. The van der Waals surface area contributed by atoms with Crippen LogP contribution in [0.2, 0.25) is 0 Å². The van der Waals surface area contributed by atoms with Gasteiger partial charge in [0.15, 0.2) is 11.6 Å². The molecule has 2 aromatic rings. The minimum atomic E-state index is 0.601. The van der Waals surface area contributed by atoms with E-state index in [1.165, 1.54) is 0 Å². The van der Waals surface area contributed by atoms with Gasteiger partial charge in [-0.3, -0.25) is 10.4 Å². The van der Waals surface area contributed by atoms with Crippen molar-refractivity contribution in [3.8, 4) is 0 Å². The standard InChI is InChI=1S/C9H13N5O2/c1-6-4-8(11-15-6)10-13-14(3)9-5-7(2)16-12-9/h4-5,13H,1-3H3,(H,10,11). The molecular formula is C9H13N5O2. The minimum absolute atomic E-state index is 0.601. The van der Waals surface area contributed by atoms with Gasteiger partial charge in [-0.05, 0) is 13.8 Å². The molecule has 0 bridgehead atoms. The van der Waals surface area contributed by atoms with E-state index in [1.54, 1.807) is 18.1 Å². The maximum absolute atomic E-state index is 4.95. The average Bonchev–Trinajstić information content (AvgIpc) is 2.84. The van der Waals surface area contributed by atoms with Crippen molar-refractivity contribution < 1.29 is 9.05 Å². The van der Waals surface area contributed by atoms with Crippen molar-refractivity contribution in [3.05, 3.63) is 23.7 Å². The van der Waals surface area contributed by atoms with Gasteiger partial charge in [0.1, 0.15) is 11.5 Å². The molecule has 0 aliphatic carbocycles. The lowest BCUT2D eigenvalue weighted by molar-refractivity contribution is 0.395. The van der Waals surface area contributed by atoms with E-state index in [0.717, 1.165) is 11.5 Å². The lowest BCUT2D eigenvalue weighted by atomic mass is 10.5. The molecule has 0 aliphatic rings. The predicted octanol–water partition coefficient (Wildman–Crippen LogP) is 1.25. The first-order valence-electron chi connectivity index (χ1n) is 4.77. The number of aryl methyl sites for hydroxylation is 2. The monoisotopic (exact) mass is 223 g/mol. The topological polar surface area (TPSA) is 79.4 Å². The van der Waals surface area contributed by atoms with Crippen LogP contribution < -0.4 is 16.0 Å². The molecule has 2 rings (SSSR count). The fraction of sp³-hybridized carbons (Fsp3) is 0.333. The Morgan fingerprint density at radius 3 is 2.38 bits per heavy atom. The zero-order valence-electron chi connectivity index (χ0n) is 9.31. The van der Waals surface area contributed by atoms with Crippen LogP contribution in [0.3, 0.4) is 0 Å². The molecule has 0 aromatic carbocycles. The molecule has 0 radical (unpaired) electrons. The van der Waals surface area contributed by atoms with Crippen molar-refractivity contribution in [2.45, 2.75) is 13.8 Å². The highest BCUT2D eigenvalue weighted by atomic mass is 16.5. The second kappa shape index (κ2) is 4.23. The first kappa shape index (κ1) is 10.5. The second-order valence-electron chi connectivity index (χ2n) is 3.41. The largest absolute Gasteiger partial charge is 0.360 e. The molecule has 2 aromatic heterocycles. The lowest BCUT2D eigenvalue weighted by Gasteiger charge is -2.16. The predicted molar refractivity (Wildman–Crippen MR) is 57.6 cm³/mol. The van der Waals surface area contributed by atoms with Gasteiger partial charge in [-0.25, -0.2) is 0 Å². The number of rotatable bonds is 4. The van der Waals surface area contributed by atoms with Crippen LogP contribution in [0.5, 0.6) is 0 Å². The smallest absolute Gasteiger partial charge is 0.187 e. The summed E-state index contributed by atoms with van der Waals surface area (Å²) in [7, 11) is 1.80. The molecule has 86 valence electrons. The van der Waals surface area contributed by atoms with E-state index >= 15 is 0 Å². The van der Waals surface area contributed by atoms with Crippen LogP contribution in [0, 0.1) is 13.8 Å². The third-order valence-corrected chi connectivity index (χ3v) is 1.94.